The molecule has 3 rings (SSSR count). The molecular weight excluding hydrogens is 254 g/mol. The van der Waals surface area contributed by atoms with E-state index in [2.05, 4.69) is 15.6 Å². The monoisotopic (exact) mass is 271 g/mol. The van der Waals surface area contributed by atoms with E-state index in [0.717, 1.165) is 24.0 Å². The van der Waals surface area contributed by atoms with Crippen LogP contribution >= 0.6 is 0 Å². The molecule has 5 heteroatoms. The quantitative estimate of drug-likeness (QED) is 0.872. The first-order chi connectivity index (χ1) is 9.84. The molecule has 1 aliphatic heterocycles. The maximum Gasteiger partial charge on any atom is 0.253 e. The van der Waals surface area contributed by atoms with Crippen molar-refractivity contribution in [1.29, 1.82) is 0 Å². The largest absolute Gasteiger partial charge is 0.374 e. The summed E-state index contributed by atoms with van der Waals surface area (Å²) in [5.41, 5.74) is 1.34. The van der Waals surface area contributed by atoms with Gasteiger partial charge in [0, 0.05) is 31.2 Å². The highest BCUT2D eigenvalue weighted by molar-refractivity contribution is 6.05. The van der Waals surface area contributed by atoms with E-state index < -0.39 is 0 Å². The Balaban J connectivity index is 1.72. The highest BCUT2D eigenvalue weighted by Gasteiger charge is 2.16. The van der Waals surface area contributed by atoms with Gasteiger partial charge >= 0.3 is 0 Å². The zero-order valence-electron chi connectivity index (χ0n) is 11.1. The summed E-state index contributed by atoms with van der Waals surface area (Å²) in [7, 11) is 0. The molecule has 1 aromatic heterocycles. The minimum absolute atomic E-state index is 0.0376. The number of amides is 1. The summed E-state index contributed by atoms with van der Waals surface area (Å²) in [6, 6.07) is 9.44. The number of nitrogens with zero attached hydrogens (tertiary/aromatic N) is 1. The van der Waals surface area contributed by atoms with Crippen LogP contribution in [0.4, 0.5) is 0 Å². The number of hydrogen-bond donors (Lipinski definition) is 2. The van der Waals surface area contributed by atoms with Crippen LogP contribution in [0.5, 0.6) is 0 Å². The minimum atomic E-state index is -0.108. The van der Waals surface area contributed by atoms with Gasteiger partial charge in [-0.25, -0.2) is 0 Å². The fourth-order valence-corrected chi connectivity index (χ4v) is 2.34. The second-order valence-corrected chi connectivity index (χ2v) is 4.79. The summed E-state index contributed by atoms with van der Waals surface area (Å²) >= 11 is 0. The average molecular weight is 271 g/mol. The Hall–Kier alpha value is -1.98. The highest BCUT2D eigenvalue weighted by atomic mass is 16.5. The summed E-state index contributed by atoms with van der Waals surface area (Å²) in [6.45, 7) is 2.84. The summed E-state index contributed by atoms with van der Waals surface area (Å²) in [4.78, 5) is 16.6. The van der Waals surface area contributed by atoms with Gasteiger partial charge in [0.15, 0.2) is 0 Å². The summed E-state index contributed by atoms with van der Waals surface area (Å²) < 4.78 is 5.56. The lowest BCUT2D eigenvalue weighted by atomic mass is 10.1. The van der Waals surface area contributed by atoms with E-state index in [0.29, 0.717) is 18.7 Å². The van der Waals surface area contributed by atoms with Crippen molar-refractivity contribution in [1.82, 2.24) is 15.6 Å². The number of nitrogens with one attached hydrogen (secondary N) is 2. The van der Waals surface area contributed by atoms with Crippen molar-refractivity contribution < 1.29 is 9.53 Å². The van der Waals surface area contributed by atoms with Crippen molar-refractivity contribution in [3.63, 3.8) is 0 Å². The third-order valence-corrected chi connectivity index (χ3v) is 3.37. The van der Waals surface area contributed by atoms with Crippen LogP contribution in [0.3, 0.4) is 0 Å². The van der Waals surface area contributed by atoms with E-state index in [4.69, 9.17) is 4.74 Å². The molecule has 2 heterocycles. The molecule has 1 aromatic carbocycles. The van der Waals surface area contributed by atoms with Crippen LogP contribution in [0.2, 0.25) is 0 Å². The maximum atomic E-state index is 12.3. The normalized spacial score (nSPS) is 18.9. The lowest BCUT2D eigenvalue weighted by Crippen LogP contribution is -2.45. The summed E-state index contributed by atoms with van der Waals surface area (Å²) in [5.74, 6) is -0.108. The number of ether oxygens (including phenoxy) is 1. The number of hydrogen-bond acceptors (Lipinski definition) is 4. The SMILES string of the molecule is O=C(NCC1CNCCO1)c1cccc2cccnc12. The van der Waals surface area contributed by atoms with Crippen molar-refractivity contribution in [2.24, 2.45) is 0 Å². The first-order valence-corrected chi connectivity index (χ1v) is 6.79. The van der Waals surface area contributed by atoms with Crippen molar-refractivity contribution in [2.45, 2.75) is 6.10 Å². The minimum Gasteiger partial charge on any atom is -0.374 e. The molecule has 2 N–H and O–H groups in total. The van der Waals surface area contributed by atoms with Crippen LogP contribution in [0.25, 0.3) is 10.9 Å². The Labute approximate surface area is 117 Å². The van der Waals surface area contributed by atoms with Crippen LogP contribution < -0.4 is 10.6 Å². The Morgan fingerprint density at radius 1 is 1.40 bits per heavy atom. The molecule has 1 amide bonds. The van der Waals surface area contributed by atoms with Gasteiger partial charge in [-0.3, -0.25) is 9.78 Å². The third-order valence-electron chi connectivity index (χ3n) is 3.37. The highest BCUT2D eigenvalue weighted by Crippen LogP contribution is 2.15. The molecule has 1 fully saturated rings. The van der Waals surface area contributed by atoms with Gasteiger partial charge in [0.25, 0.3) is 5.91 Å². The zero-order chi connectivity index (χ0) is 13.8. The van der Waals surface area contributed by atoms with Gasteiger partial charge in [0.2, 0.25) is 0 Å². The van der Waals surface area contributed by atoms with Crippen LogP contribution in [0.1, 0.15) is 10.4 Å². The number of aromatic nitrogens is 1. The molecule has 20 heavy (non-hydrogen) atoms. The topological polar surface area (TPSA) is 63.2 Å². The average Bonchev–Trinajstić information content (AvgIpc) is 2.53. The standard InChI is InChI=1S/C15H17N3O2/c19-15(18-10-12-9-16-7-8-20-12)13-5-1-3-11-4-2-6-17-14(11)13/h1-6,12,16H,7-10H2,(H,18,19). The van der Waals surface area contributed by atoms with E-state index >= 15 is 0 Å². The predicted molar refractivity (Wildman–Crippen MR) is 76.7 cm³/mol. The molecule has 1 unspecified atom stereocenters. The second-order valence-electron chi connectivity index (χ2n) is 4.79. The van der Waals surface area contributed by atoms with Crippen LogP contribution in [-0.2, 0) is 4.74 Å². The van der Waals surface area contributed by atoms with E-state index in [1.807, 2.05) is 24.3 Å². The Bertz CT molecular complexity index is 604. The number of pyridine rings is 1. The lowest BCUT2D eigenvalue weighted by Gasteiger charge is -2.23. The van der Waals surface area contributed by atoms with E-state index in [-0.39, 0.29) is 12.0 Å². The number of carbonyl (C=O) groups excluding carboxylic acids is 1. The van der Waals surface area contributed by atoms with Crippen molar-refractivity contribution >= 4 is 16.8 Å². The first kappa shape index (κ1) is 13.0. The lowest BCUT2D eigenvalue weighted by molar-refractivity contribution is 0.0287. The van der Waals surface area contributed by atoms with Crippen LogP contribution in [0, 0.1) is 0 Å². The molecule has 1 saturated heterocycles. The smallest absolute Gasteiger partial charge is 0.253 e. The number of rotatable bonds is 3. The predicted octanol–water partition coefficient (Wildman–Crippen LogP) is 0.953. The zero-order valence-corrected chi connectivity index (χ0v) is 11.1. The van der Waals surface area contributed by atoms with E-state index in [9.17, 15) is 4.79 Å². The molecule has 5 nitrogen and oxygen atoms in total. The maximum absolute atomic E-state index is 12.3. The van der Waals surface area contributed by atoms with Gasteiger partial charge < -0.3 is 15.4 Å². The summed E-state index contributed by atoms with van der Waals surface area (Å²) in [6.07, 6.45) is 1.74. The number of morpholine rings is 1. The fraction of sp³-hybridized carbons (Fsp3) is 0.333. The van der Waals surface area contributed by atoms with Gasteiger partial charge in [-0.1, -0.05) is 18.2 Å². The second kappa shape index (κ2) is 5.98. The van der Waals surface area contributed by atoms with Crippen molar-refractivity contribution in [2.75, 3.05) is 26.2 Å². The molecule has 104 valence electrons. The molecule has 0 spiro atoms. The first-order valence-electron chi connectivity index (χ1n) is 6.79. The third kappa shape index (κ3) is 2.79. The molecule has 0 saturated carbocycles. The van der Waals surface area contributed by atoms with Gasteiger partial charge in [0.05, 0.1) is 23.8 Å². The number of carbonyl (C=O) groups is 1. The van der Waals surface area contributed by atoms with E-state index in [1.165, 1.54) is 0 Å². The van der Waals surface area contributed by atoms with Gasteiger partial charge in [0.1, 0.15) is 0 Å². The van der Waals surface area contributed by atoms with Crippen LogP contribution in [0.15, 0.2) is 36.5 Å². The van der Waals surface area contributed by atoms with Crippen LogP contribution in [-0.4, -0.2) is 43.2 Å². The van der Waals surface area contributed by atoms with Gasteiger partial charge in [-0.15, -0.1) is 0 Å². The Morgan fingerprint density at radius 3 is 3.15 bits per heavy atom. The van der Waals surface area contributed by atoms with Gasteiger partial charge in [-0.05, 0) is 12.1 Å². The Kier molecular flexibility index (Phi) is 3.90. The summed E-state index contributed by atoms with van der Waals surface area (Å²) in [5, 5.41) is 7.12. The fourth-order valence-electron chi connectivity index (χ4n) is 2.34. The number of para-hydroxylation sites is 1. The molecule has 0 aliphatic carbocycles. The molecule has 1 aliphatic rings. The number of fused-ring (bicyclic) bond motifs is 1. The van der Waals surface area contributed by atoms with E-state index in [1.54, 1.807) is 12.3 Å². The molecule has 1 atom stereocenters. The van der Waals surface area contributed by atoms with Gasteiger partial charge in [-0.2, -0.15) is 0 Å². The molecule has 0 bridgehead atoms. The molecule has 0 radical (unpaired) electrons. The number of benzene rings is 1. The molecular formula is C15H17N3O2. The van der Waals surface area contributed by atoms with Crippen molar-refractivity contribution in [3.8, 4) is 0 Å². The van der Waals surface area contributed by atoms with Crippen molar-refractivity contribution in [3.05, 3.63) is 42.1 Å². The molecule has 2 aromatic rings. The Morgan fingerprint density at radius 2 is 2.30 bits per heavy atom.